The largest absolute Gasteiger partial charge is 0.324 e. The average molecular weight is 911 g/mol. The number of fused-ring (bicyclic) bond motifs is 8. The zero-order valence-corrected chi connectivity index (χ0v) is 41.1. The zero-order chi connectivity index (χ0) is 48.8. The summed E-state index contributed by atoms with van der Waals surface area (Å²) in [7, 11) is 0. The van der Waals surface area contributed by atoms with Crippen LogP contribution in [0.5, 0.6) is 0 Å². The Hall–Kier alpha value is -7.01. The topological polar surface area (TPSA) is 109 Å². The van der Waals surface area contributed by atoms with Gasteiger partial charge in [0.25, 0.3) is 0 Å². The van der Waals surface area contributed by atoms with Crippen molar-refractivity contribution in [1.29, 1.82) is 0 Å². The molecule has 0 saturated carbocycles. The zero-order valence-electron chi connectivity index (χ0n) is 41.1. The van der Waals surface area contributed by atoms with Crippen molar-refractivity contribution < 1.29 is 13.2 Å². The highest BCUT2D eigenvalue weighted by Gasteiger charge is 2.38. The van der Waals surface area contributed by atoms with Crippen molar-refractivity contribution in [3.63, 3.8) is 0 Å². The van der Waals surface area contributed by atoms with E-state index in [1.807, 2.05) is 53.7 Å². The Balaban J connectivity index is 1.62. The Bertz CT molecular complexity index is 3210. The van der Waals surface area contributed by atoms with Crippen LogP contribution in [0.4, 0.5) is 13.2 Å². The number of nitrogens with zero attached hydrogens (tertiary/aromatic N) is 6. The molecule has 346 valence electrons. The predicted molar refractivity (Wildman–Crippen MR) is 269 cm³/mol. The van der Waals surface area contributed by atoms with Crippen LogP contribution in [0.1, 0.15) is 134 Å². The molecule has 0 saturated heterocycles. The molecular formula is C57H57F3N8. The van der Waals surface area contributed by atoms with Gasteiger partial charge in [0.1, 0.15) is 40.0 Å². The number of aromatic amines is 2. The second-order valence-corrected chi connectivity index (χ2v) is 21.9. The van der Waals surface area contributed by atoms with E-state index in [1.165, 1.54) is 18.2 Å². The molecule has 0 spiro atoms. The maximum absolute atomic E-state index is 16.4. The number of aryl methyl sites for hydroxylation is 1. The van der Waals surface area contributed by atoms with Gasteiger partial charge in [-0.3, -0.25) is 0 Å². The van der Waals surface area contributed by atoms with Gasteiger partial charge in [0.2, 0.25) is 0 Å². The van der Waals surface area contributed by atoms with Crippen LogP contribution in [-0.2, 0) is 10.8 Å². The first kappa shape index (κ1) is 46.1. The second-order valence-electron chi connectivity index (χ2n) is 21.9. The van der Waals surface area contributed by atoms with E-state index < -0.39 is 39.1 Å². The lowest BCUT2D eigenvalue weighted by molar-refractivity contribution is 0.564. The number of benzene rings is 4. The molecule has 2 aliphatic rings. The van der Waals surface area contributed by atoms with E-state index in [2.05, 4.69) is 70.6 Å². The number of hydrogen-bond acceptors (Lipinski definition) is 6. The maximum Gasteiger partial charge on any atom is 0.165 e. The SMILES string of the molecule is Cc1ccccc1-c1c(C(C)(C)C)c2nc3nc(nc4[nH]c(nc5nc(nc1[nH]2)C(C(C)(C)C)=C5c1ccccc1F)c(C(C)(C)C)c4-c1ccccc1F)C(C(C)(C)C)=C3c1ccccc1F. The van der Waals surface area contributed by atoms with E-state index in [4.69, 9.17) is 29.9 Å². The molecule has 7 aromatic rings. The second kappa shape index (κ2) is 16.4. The first-order valence-corrected chi connectivity index (χ1v) is 23.1. The van der Waals surface area contributed by atoms with Crippen LogP contribution >= 0.6 is 0 Å². The summed E-state index contributed by atoms with van der Waals surface area (Å²) in [6.07, 6.45) is 0. The highest BCUT2D eigenvalue weighted by Crippen LogP contribution is 2.49. The number of aromatic nitrogens is 8. The van der Waals surface area contributed by atoms with E-state index in [0.717, 1.165) is 22.3 Å². The van der Waals surface area contributed by atoms with Crippen LogP contribution in [0.15, 0.2) is 97.1 Å². The molecule has 4 aromatic carbocycles. The van der Waals surface area contributed by atoms with E-state index in [1.54, 1.807) is 54.6 Å². The molecule has 68 heavy (non-hydrogen) atoms. The minimum absolute atomic E-state index is 0.222. The van der Waals surface area contributed by atoms with E-state index in [-0.39, 0.29) is 23.1 Å². The van der Waals surface area contributed by atoms with Crippen LogP contribution in [0.3, 0.4) is 0 Å². The van der Waals surface area contributed by atoms with Gasteiger partial charge in [-0.25, -0.2) is 43.1 Å². The van der Waals surface area contributed by atoms with Crippen LogP contribution in [-0.4, -0.2) is 39.9 Å². The Kier molecular flexibility index (Phi) is 11.1. The summed E-state index contributed by atoms with van der Waals surface area (Å²) in [5.41, 5.74) is 6.95. The van der Waals surface area contributed by atoms with Crippen molar-refractivity contribution in [3.8, 4) is 22.3 Å². The van der Waals surface area contributed by atoms with Gasteiger partial charge in [-0.15, -0.1) is 0 Å². The summed E-state index contributed by atoms with van der Waals surface area (Å²) < 4.78 is 49.3. The molecule has 11 heteroatoms. The van der Waals surface area contributed by atoms with Crippen molar-refractivity contribution in [2.24, 2.45) is 10.8 Å². The molecule has 0 amide bonds. The van der Waals surface area contributed by atoms with Crippen LogP contribution < -0.4 is 0 Å². The molecule has 3 aromatic heterocycles. The van der Waals surface area contributed by atoms with Crippen LogP contribution in [0.2, 0.25) is 0 Å². The Labute approximate surface area is 396 Å². The summed E-state index contributed by atoms with van der Waals surface area (Å²) in [6, 6.07) is 27.9. The summed E-state index contributed by atoms with van der Waals surface area (Å²) in [5, 5.41) is 0. The number of nitrogens with one attached hydrogen (secondary N) is 2. The fraction of sp³-hybridized carbons (Fsp3) is 0.298. The minimum Gasteiger partial charge on any atom is -0.324 e. The highest BCUT2D eigenvalue weighted by molar-refractivity contribution is 6.02. The van der Waals surface area contributed by atoms with Gasteiger partial charge in [-0.2, -0.15) is 0 Å². The van der Waals surface area contributed by atoms with Crippen LogP contribution in [0, 0.1) is 35.2 Å². The lowest BCUT2D eigenvalue weighted by atomic mass is 9.81. The van der Waals surface area contributed by atoms with Crippen molar-refractivity contribution in [3.05, 3.63) is 166 Å². The number of hydrogen-bond donors (Lipinski definition) is 2. The molecule has 8 nitrogen and oxygen atoms in total. The van der Waals surface area contributed by atoms with Crippen molar-refractivity contribution in [2.75, 3.05) is 0 Å². The van der Waals surface area contributed by atoms with Gasteiger partial charge in [-0.05, 0) is 57.9 Å². The summed E-state index contributed by atoms with van der Waals surface area (Å²) >= 11 is 0. The standard InChI is InChI=1S/C57H57F3N8/c1-30-22-14-15-23-31(30)38-42(54(2,3)4)50-61-46(38)62-51-43(55(5,6)7)39(32-24-16-19-27-35(32)58)48(64-51)66-53-45(57(11,12)13)41(34-26-18-21-29-37(34)60)49(68-53)67-52-44(56(8,9)10)40(47(63-50)65-52)33-25-17-20-28-36(33)59/h14-29H,1-13H3,(H2,61,62,63,64,65,66,67,68). The quantitative estimate of drug-likeness (QED) is 0.182. The normalized spacial score (nSPS) is 13.8. The molecule has 0 fully saturated rings. The van der Waals surface area contributed by atoms with Crippen molar-refractivity contribution in [2.45, 2.75) is 101 Å². The van der Waals surface area contributed by atoms with Crippen LogP contribution in [0.25, 0.3) is 67.1 Å². The lowest BCUT2D eigenvalue weighted by Crippen LogP contribution is -2.13. The predicted octanol–water partition coefficient (Wildman–Crippen LogP) is 14.6. The molecule has 0 unspecified atom stereocenters. The summed E-state index contributed by atoms with van der Waals surface area (Å²) in [6.45, 7) is 26.8. The molecule has 9 rings (SSSR count). The molecule has 8 bridgehead atoms. The Morgan fingerprint density at radius 3 is 1.03 bits per heavy atom. The summed E-state index contributed by atoms with van der Waals surface area (Å²) in [5.74, 6) is -0.277. The highest BCUT2D eigenvalue weighted by atomic mass is 19.1. The van der Waals surface area contributed by atoms with E-state index in [9.17, 15) is 0 Å². The van der Waals surface area contributed by atoms with Crippen molar-refractivity contribution >= 4 is 44.9 Å². The molecule has 0 radical (unpaired) electrons. The molecule has 2 N–H and O–H groups in total. The first-order chi connectivity index (χ1) is 31.9. The molecule has 5 heterocycles. The maximum atomic E-state index is 16.4. The van der Waals surface area contributed by atoms with Gasteiger partial charge in [0.15, 0.2) is 23.3 Å². The third kappa shape index (κ3) is 8.05. The Morgan fingerprint density at radius 1 is 0.353 bits per heavy atom. The average Bonchev–Trinajstić information content (AvgIpc) is 3.99. The van der Waals surface area contributed by atoms with Gasteiger partial charge >= 0.3 is 0 Å². The number of rotatable bonds is 4. The van der Waals surface area contributed by atoms with Gasteiger partial charge < -0.3 is 9.97 Å². The molecule has 0 aliphatic carbocycles. The number of H-pyrrole nitrogens is 2. The van der Waals surface area contributed by atoms with Gasteiger partial charge in [0.05, 0.1) is 0 Å². The smallest absolute Gasteiger partial charge is 0.165 e. The van der Waals surface area contributed by atoms with Crippen molar-refractivity contribution in [1.82, 2.24) is 39.9 Å². The number of allylic oxidation sites excluding steroid dienone is 2. The molecule has 0 atom stereocenters. The van der Waals surface area contributed by atoms with E-state index in [0.29, 0.717) is 72.9 Å². The summed E-state index contributed by atoms with van der Waals surface area (Å²) in [4.78, 5) is 39.3. The molecular weight excluding hydrogens is 854 g/mol. The number of halogens is 3. The Morgan fingerprint density at radius 2 is 0.676 bits per heavy atom. The fourth-order valence-electron chi connectivity index (χ4n) is 9.66. The lowest BCUT2D eigenvalue weighted by Gasteiger charge is -2.23. The minimum atomic E-state index is -0.675. The monoisotopic (exact) mass is 910 g/mol. The van der Waals surface area contributed by atoms with Gasteiger partial charge in [0, 0.05) is 61.2 Å². The van der Waals surface area contributed by atoms with Gasteiger partial charge in [-0.1, -0.05) is 162 Å². The van der Waals surface area contributed by atoms with E-state index >= 15 is 13.2 Å². The molecule has 2 aliphatic heterocycles. The third-order valence-electron chi connectivity index (χ3n) is 12.5. The third-order valence-corrected chi connectivity index (χ3v) is 12.5. The first-order valence-electron chi connectivity index (χ1n) is 23.1. The fourth-order valence-corrected chi connectivity index (χ4v) is 9.66.